The van der Waals surface area contributed by atoms with Crippen molar-refractivity contribution in [3.8, 4) is 11.5 Å². The zero-order chi connectivity index (χ0) is 22.5. The highest BCUT2D eigenvalue weighted by atomic mass is 32.2. The van der Waals surface area contributed by atoms with E-state index in [9.17, 15) is 4.79 Å². The first kappa shape index (κ1) is 23.0. The highest BCUT2D eigenvalue weighted by molar-refractivity contribution is 7.99. The predicted octanol–water partition coefficient (Wildman–Crippen LogP) is 4.43. The molecular weight excluding hydrogens is 416 g/mol. The number of carbonyl (C=O) groups excluding carboxylic acids is 1. The Hall–Kier alpha value is -2.68. The number of rotatable bonds is 9. The molecule has 168 valence electrons. The van der Waals surface area contributed by atoms with E-state index in [1.54, 1.807) is 23.6 Å². The molecule has 1 atom stereocenters. The van der Waals surface area contributed by atoms with Gasteiger partial charge in [-0.25, -0.2) is 9.48 Å². The molecule has 0 saturated heterocycles. The van der Waals surface area contributed by atoms with Crippen LogP contribution in [-0.4, -0.2) is 46.3 Å². The number of benzene rings is 1. The van der Waals surface area contributed by atoms with Gasteiger partial charge >= 0.3 is 5.97 Å². The Morgan fingerprint density at radius 2 is 2.06 bits per heavy atom. The standard InChI is InChI=1S/C22H30N4O4S/c1-7-11-29-20(27)18-14(5)23-21-24-22(31-8-2)25-26(21)19(18)15-9-10-16(30-13(3)4)17(12-15)28-6/h9-10,12-13,19H,7-8,11H2,1-6H3,(H,23,24,25). The lowest BCUT2D eigenvalue weighted by Gasteiger charge is -2.28. The number of aromatic nitrogens is 3. The molecule has 2 heterocycles. The first-order chi connectivity index (χ1) is 14.9. The van der Waals surface area contributed by atoms with E-state index in [4.69, 9.17) is 14.2 Å². The minimum Gasteiger partial charge on any atom is -0.493 e. The number of nitrogens with one attached hydrogen (secondary N) is 1. The Bertz CT molecular complexity index is 970. The van der Waals surface area contributed by atoms with Crippen LogP contribution in [-0.2, 0) is 9.53 Å². The molecule has 0 bridgehead atoms. The molecular formula is C22H30N4O4S. The first-order valence-electron chi connectivity index (χ1n) is 10.5. The molecule has 1 unspecified atom stereocenters. The Kier molecular flexibility index (Phi) is 7.48. The van der Waals surface area contributed by atoms with Crippen molar-refractivity contribution in [3.05, 3.63) is 35.0 Å². The monoisotopic (exact) mass is 446 g/mol. The lowest BCUT2D eigenvalue weighted by Crippen LogP contribution is -2.29. The van der Waals surface area contributed by atoms with Gasteiger partial charge < -0.3 is 19.5 Å². The van der Waals surface area contributed by atoms with Crippen molar-refractivity contribution in [2.75, 3.05) is 24.8 Å². The molecule has 3 rings (SSSR count). The summed E-state index contributed by atoms with van der Waals surface area (Å²) < 4.78 is 18.7. The van der Waals surface area contributed by atoms with Gasteiger partial charge in [0.25, 0.3) is 0 Å². The normalized spacial score (nSPS) is 15.5. The number of ether oxygens (including phenoxy) is 3. The third-order valence-corrected chi connectivity index (χ3v) is 5.35. The molecule has 31 heavy (non-hydrogen) atoms. The third kappa shape index (κ3) is 4.98. The topological polar surface area (TPSA) is 87.5 Å². The second-order valence-electron chi connectivity index (χ2n) is 7.37. The lowest BCUT2D eigenvalue weighted by molar-refractivity contribution is -0.139. The third-order valence-electron chi connectivity index (χ3n) is 4.63. The molecule has 0 saturated carbocycles. The van der Waals surface area contributed by atoms with Crippen LogP contribution in [0.1, 0.15) is 52.6 Å². The average Bonchev–Trinajstić information content (AvgIpc) is 3.13. The molecule has 0 spiro atoms. The van der Waals surface area contributed by atoms with Gasteiger partial charge in [0, 0.05) is 5.70 Å². The molecule has 1 aromatic heterocycles. The summed E-state index contributed by atoms with van der Waals surface area (Å²) in [6.07, 6.45) is 0.757. The van der Waals surface area contributed by atoms with Crippen molar-refractivity contribution >= 4 is 23.7 Å². The summed E-state index contributed by atoms with van der Waals surface area (Å²) in [5.41, 5.74) is 2.02. The van der Waals surface area contributed by atoms with Gasteiger partial charge in [-0.1, -0.05) is 31.7 Å². The summed E-state index contributed by atoms with van der Waals surface area (Å²) in [7, 11) is 1.60. The van der Waals surface area contributed by atoms with Crippen LogP contribution in [0, 0.1) is 0 Å². The zero-order valence-electron chi connectivity index (χ0n) is 18.9. The van der Waals surface area contributed by atoms with E-state index in [0.29, 0.717) is 40.5 Å². The van der Waals surface area contributed by atoms with Gasteiger partial charge in [0.1, 0.15) is 6.04 Å². The number of hydrogen-bond acceptors (Lipinski definition) is 8. The number of hydrogen-bond donors (Lipinski definition) is 1. The number of allylic oxidation sites excluding steroid dienone is 1. The SMILES string of the molecule is CCCOC(=O)C1=C(C)Nc2nc(SCC)nn2C1c1ccc(OC(C)C)c(OC)c1. The maximum Gasteiger partial charge on any atom is 0.338 e. The van der Waals surface area contributed by atoms with Gasteiger partial charge in [-0.05, 0) is 50.6 Å². The minimum absolute atomic E-state index is 0.0101. The number of carbonyl (C=O) groups is 1. The van der Waals surface area contributed by atoms with Crippen LogP contribution < -0.4 is 14.8 Å². The van der Waals surface area contributed by atoms with Crippen LogP contribution in [0.4, 0.5) is 5.95 Å². The van der Waals surface area contributed by atoms with E-state index in [2.05, 4.69) is 15.4 Å². The summed E-state index contributed by atoms with van der Waals surface area (Å²) in [6.45, 7) is 10.1. The molecule has 1 aliphatic rings. The molecule has 1 aromatic carbocycles. The van der Waals surface area contributed by atoms with Gasteiger partial charge in [0.2, 0.25) is 11.1 Å². The zero-order valence-corrected chi connectivity index (χ0v) is 19.7. The van der Waals surface area contributed by atoms with Crippen LogP contribution in [0.3, 0.4) is 0 Å². The molecule has 0 radical (unpaired) electrons. The number of anilines is 1. The summed E-state index contributed by atoms with van der Waals surface area (Å²) in [4.78, 5) is 17.6. The average molecular weight is 447 g/mol. The quantitative estimate of drug-likeness (QED) is 0.447. The van der Waals surface area contributed by atoms with Gasteiger partial charge in [0.05, 0.1) is 25.4 Å². The summed E-state index contributed by atoms with van der Waals surface area (Å²) in [5, 5.41) is 8.53. The Morgan fingerprint density at radius 1 is 1.29 bits per heavy atom. The molecule has 0 fully saturated rings. The number of nitrogens with zero attached hydrogens (tertiary/aromatic N) is 3. The summed E-state index contributed by atoms with van der Waals surface area (Å²) in [6, 6.07) is 5.17. The predicted molar refractivity (Wildman–Crippen MR) is 121 cm³/mol. The summed E-state index contributed by atoms with van der Waals surface area (Å²) in [5.74, 6) is 2.30. The van der Waals surface area contributed by atoms with Crippen LogP contribution in [0.2, 0.25) is 0 Å². The second kappa shape index (κ2) is 10.1. The number of thioether (sulfide) groups is 1. The van der Waals surface area contributed by atoms with Crippen LogP contribution >= 0.6 is 11.8 Å². The number of methoxy groups -OCH3 is 1. The van der Waals surface area contributed by atoms with Crippen molar-refractivity contribution in [1.82, 2.24) is 14.8 Å². The molecule has 1 aliphatic heterocycles. The van der Waals surface area contributed by atoms with Gasteiger partial charge in [-0.2, -0.15) is 4.98 Å². The van der Waals surface area contributed by atoms with E-state index in [-0.39, 0.29) is 12.1 Å². The van der Waals surface area contributed by atoms with Crippen molar-refractivity contribution in [1.29, 1.82) is 0 Å². The highest BCUT2D eigenvalue weighted by Gasteiger charge is 2.35. The van der Waals surface area contributed by atoms with Gasteiger partial charge in [-0.15, -0.1) is 5.10 Å². The molecule has 2 aromatic rings. The molecule has 0 amide bonds. The fourth-order valence-electron chi connectivity index (χ4n) is 3.37. The Morgan fingerprint density at radius 3 is 2.71 bits per heavy atom. The van der Waals surface area contributed by atoms with E-state index in [0.717, 1.165) is 17.7 Å². The van der Waals surface area contributed by atoms with Crippen molar-refractivity contribution in [2.45, 2.75) is 58.3 Å². The Labute approximate surface area is 187 Å². The minimum atomic E-state index is -0.499. The van der Waals surface area contributed by atoms with E-state index >= 15 is 0 Å². The van der Waals surface area contributed by atoms with E-state index in [1.807, 2.05) is 52.8 Å². The fraction of sp³-hybridized carbons (Fsp3) is 0.500. The van der Waals surface area contributed by atoms with E-state index in [1.165, 1.54) is 0 Å². The Balaban J connectivity index is 2.11. The summed E-state index contributed by atoms with van der Waals surface area (Å²) >= 11 is 1.55. The van der Waals surface area contributed by atoms with Crippen molar-refractivity contribution in [2.24, 2.45) is 0 Å². The molecule has 8 nitrogen and oxygen atoms in total. The largest absolute Gasteiger partial charge is 0.493 e. The molecule has 9 heteroatoms. The smallest absolute Gasteiger partial charge is 0.338 e. The number of esters is 1. The van der Waals surface area contributed by atoms with Crippen LogP contribution in [0.15, 0.2) is 34.6 Å². The number of fused-ring (bicyclic) bond motifs is 1. The highest BCUT2D eigenvalue weighted by Crippen LogP contribution is 2.40. The maximum atomic E-state index is 13.0. The van der Waals surface area contributed by atoms with Crippen LogP contribution in [0.5, 0.6) is 11.5 Å². The lowest BCUT2D eigenvalue weighted by atomic mass is 9.95. The van der Waals surface area contributed by atoms with Crippen molar-refractivity contribution < 1.29 is 19.0 Å². The molecule has 1 N–H and O–H groups in total. The maximum absolute atomic E-state index is 13.0. The molecule has 0 aliphatic carbocycles. The van der Waals surface area contributed by atoms with E-state index < -0.39 is 6.04 Å². The fourth-order valence-corrected chi connectivity index (χ4v) is 3.93. The van der Waals surface area contributed by atoms with Crippen LogP contribution in [0.25, 0.3) is 0 Å². The second-order valence-corrected chi connectivity index (χ2v) is 8.61. The van der Waals surface area contributed by atoms with Gasteiger partial charge in [-0.3, -0.25) is 0 Å². The first-order valence-corrected chi connectivity index (χ1v) is 11.5. The van der Waals surface area contributed by atoms with Gasteiger partial charge in [0.15, 0.2) is 11.5 Å². The van der Waals surface area contributed by atoms with Crippen molar-refractivity contribution in [3.63, 3.8) is 0 Å².